The van der Waals surface area contributed by atoms with Crippen LogP contribution in [0, 0.1) is 0 Å². The van der Waals surface area contributed by atoms with Gasteiger partial charge in [0.25, 0.3) is 0 Å². The van der Waals surface area contributed by atoms with Crippen LogP contribution in [0.2, 0.25) is 0 Å². The van der Waals surface area contributed by atoms with Gasteiger partial charge in [0, 0.05) is 32.1 Å². The summed E-state index contributed by atoms with van der Waals surface area (Å²) in [6.45, 7) is 6.96. The molecule has 1 aliphatic rings. The number of hydrogen-bond acceptors (Lipinski definition) is 6. The number of nitrogens with zero attached hydrogens (tertiary/aromatic N) is 2. The fourth-order valence-corrected chi connectivity index (χ4v) is 3.94. The Kier molecular flexibility index (Phi) is 4.55. The molecule has 0 bridgehead atoms. The molecule has 0 amide bonds. The number of carbonyl (C=O) groups is 1. The van der Waals surface area contributed by atoms with Gasteiger partial charge in [-0.25, -0.2) is 0 Å². The molecular formula is C14H23N3O2S. The predicted molar refractivity (Wildman–Crippen MR) is 84.2 cm³/mol. The SMILES string of the molecule is CCC(=O)c1sc(N2CCN(C)CC2C)c(OC)c1N. The zero-order valence-corrected chi connectivity index (χ0v) is 13.4. The van der Waals surface area contributed by atoms with Gasteiger partial charge in [-0.3, -0.25) is 4.79 Å². The first-order valence-electron chi connectivity index (χ1n) is 6.94. The largest absolute Gasteiger partial charge is 0.492 e. The third kappa shape index (κ3) is 2.62. The van der Waals surface area contributed by atoms with E-state index in [9.17, 15) is 4.79 Å². The number of thiophene rings is 1. The van der Waals surface area contributed by atoms with Crippen molar-refractivity contribution in [3.63, 3.8) is 0 Å². The molecule has 20 heavy (non-hydrogen) atoms. The standard InChI is InChI=1S/C14H23N3O2S/c1-5-10(18)13-11(15)12(19-4)14(20-13)17-7-6-16(3)8-9(17)2/h9H,5-8,15H2,1-4H3. The number of carbonyl (C=O) groups excluding carboxylic acids is 1. The smallest absolute Gasteiger partial charge is 0.177 e. The Labute approximate surface area is 124 Å². The minimum atomic E-state index is 0.0823. The monoisotopic (exact) mass is 297 g/mol. The van der Waals surface area contributed by atoms with Gasteiger partial charge in [0.1, 0.15) is 5.00 Å². The van der Waals surface area contributed by atoms with Crippen molar-refractivity contribution in [1.29, 1.82) is 0 Å². The zero-order chi connectivity index (χ0) is 14.9. The second kappa shape index (κ2) is 6.01. The first kappa shape index (κ1) is 15.1. The van der Waals surface area contributed by atoms with Gasteiger partial charge in [0.2, 0.25) is 0 Å². The van der Waals surface area contributed by atoms with E-state index in [0.29, 0.717) is 28.8 Å². The molecule has 0 radical (unpaired) electrons. The number of methoxy groups -OCH3 is 1. The van der Waals surface area contributed by atoms with Crippen molar-refractivity contribution in [3.8, 4) is 5.75 Å². The van der Waals surface area contributed by atoms with E-state index in [0.717, 1.165) is 24.6 Å². The lowest BCUT2D eigenvalue weighted by Gasteiger charge is -2.39. The van der Waals surface area contributed by atoms with Crippen LogP contribution in [-0.2, 0) is 0 Å². The Morgan fingerprint density at radius 2 is 2.20 bits per heavy atom. The molecule has 1 aromatic rings. The van der Waals surface area contributed by atoms with Crippen molar-refractivity contribution in [2.75, 3.05) is 44.4 Å². The maximum Gasteiger partial charge on any atom is 0.177 e. The van der Waals surface area contributed by atoms with E-state index >= 15 is 0 Å². The number of hydrogen-bond donors (Lipinski definition) is 1. The second-order valence-electron chi connectivity index (χ2n) is 5.26. The van der Waals surface area contributed by atoms with Gasteiger partial charge >= 0.3 is 0 Å². The highest BCUT2D eigenvalue weighted by Crippen LogP contribution is 2.46. The molecule has 1 saturated heterocycles. The number of nitrogens with two attached hydrogens (primary N) is 1. The van der Waals surface area contributed by atoms with Crippen molar-refractivity contribution in [2.24, 2.45) is 0 Å². The number of Topliss-reactive ketones (excluding diaryl/α,β-unsaturated/α-hetero) is 1. The summed E-state index contributed by atoms with van der Waals surface area (Å²) in [6, 6.07) is 0.380. The average Bonchev–Trinajstić information content (AvgIpc) is 2.74. The molecule has 0 aliphatic carbocycles. The molecular weight excluding hydrogens is 274 g/mol. The topological polar surface area (TPSA) is 58.8 Å². The molecule has 2 N–H and O–H groups in total. The van der Waals surface area contributed by atoms with Crippen molar-refractivity contribution < 1.29 is 9.53 Å². The van der Waals surface area contributed by atoms with Gasteiger partial charge in [0.15, 0.2) is 11.5 Å². The Morgan fingerprint density at radius 3 is 2.75 bits per heavy atom. The van der Waals surface area contributed by atoms with Crippen LogP contribution in [0.1, 0.15) is 29.9 Å². The van der Waals surface area contributed by atoms with Crippen LogP contribution >= 0.6 is 11.3 Å². The highest BCUT2D eigenvalue weighted by Gasteiger charge is 2.29. The van der Waals surface area contributed by atoms with E-state index in [-0.39, 0.29) is 5.78 Å². The summed E-state index contributed by atoms with van der Waals surface area (Å²) in [5, 5.41) is 0.988. The lowest BCUT2D eigenvalue weighted by atomic mass is 10.2. The lowest BCUT2D eigenvalue weighted by molar-refractivity contribution is 0.0992. The van der Waals surface area contributed by atoms with E-state index < -0.39 is 0 Å². The Hall–Kier alpha value is -1.27. The molecule has 1 atom stereocenters. The normalized spacial score (nSPS) is 20.2. The third-order valence-electron chi connectivity index (χ3n) is 3.75. The number of likely N-dealkylation sites (N-methyl/N-ethyl adjacent to an activating group) is 1. The van der Waals surface area contributed by atoms with Crippen LogP contribution in [0.25, 0.3) is 0 Å². The Balaban J connectivity index is 2.38. The fraction of sp³-hybridized carbons (Fsp3) is 0.643. The van der Waals surface area contributed by atoms with Gasteiger partial charge < -0.3 is 20.3 Å². The molecule has 1 fully saturated rings. The van der Waals surface area contributed by atoms with Gasteiger partial charge in [0.05, 0.1) is 17.7 Å². The number of rotatable bonds is 4. The van der Waals surface area contributed by atoms with Crippen LogP contribution in [0.15, 0.2) is 0 Å². The summed E-state index contributed by atoms with van der Waals surface area (Å²) < 4.78 is 5.46. The zero-order valence-electron chi connectivity index (χ0n) is 12.6. The summed E-state index contributed by atoms with van der Waals surface area (Å²) >= 11 is 1.46. The van der Waals surface area contributed by atoms with Crippen molar-refractivity contribution in [2.45, 2.75) is 26.3 Å². The predicted octanol–water partition coefficient (Wildman–Crippen LogP) is 2.07. The van der Waals surface area contributed by atoms with E-state index in [2.05, 4.69) is 23.8 Å². The number of piperazine rings is 1. The van der Waals surface area contributed by atoms with E-state index in [4.69, 9.17) is 10.5 Å². The van der Waals surface area contributed by atoms with Crippen LogP contribution in [0.5, 0.6) is 5.75 Å². The molecule has 6 heteroatoms. The van der Waals surface area contributed by atoms with Crippen molar-refractivity contribution in [1.82, 2.24) is 4.90 Å². The third-order valence-corrected chi connectivity index (χ3v) is 5.02. The van der Waals surface area contributed by atoms with Crippen molar-refractivity contribution >= 4 is 27.8 Å². The summed E-state index contributed by atoms with van der Waals surface area (Å²) in [5.41, 5.74) is 6.59. The Bertz CT molecular complexity index is 501. The molecule has 0 saturated carbocycles. The highest BCUT2D eigenvalue weighted by atomic mass is 32.1. The molecule has 2 rings (SSSR count). The van der Waals surface area contributed by atoms with Gasteiger partial charge in [-0.2, -0.15) is 0 Å². The Morgan fingerprint density at radius 1 is 1.50 bits per heavy atom. The summed E-state index contributed by atoms with van der Waals surface area (Å²) in [6.07, 6.45) is 0.464. The molecule has 0 aromatic carbocycles. The lowest BCUT2D eigenvalue weighted by Crippen LogP contribution is -2.50. The van der Waals surface area contributed by atoms with E-state index in [1.807, 2.05) is 6.92 Å². The molecule has 1 aliphatic heterocycles. The number of anilines is 2. The maximum atomic E-state index is 12.0. The van der Waals surface area contributed by atoms with Gasteiger partial charge in [-0.05, 0) is 14.0 Å². The summed E-state index contributed by atoms with van der Waals surface area (Å²) in [7, 11) is 3.74. The summed E-state index contributed by atoms with van der Waals surface area (Å²) in [4.78, 5) is 17.2. The number of nitrogen functional groups attached to an aromatic ring is 1. The maximum absolute atomic E-state index is 12.0. The number of ketones is 1. The minimum Gasteiger partial charge on any atom is -0.492 e. The van der Waals surface area contributed by atoms with Gasteiger partial charge in [-0.1, -0.05) is 6.92 Å². The molecule has 112 valence electrons. The summed E-state index contributed by atoms with van der Waals surface area (Å²) in [5.74, 6) is 0.738. The average molecular weight is 297 g/mol. The first-order valence-corrected chi connectivity index (χ1v) is 7.75. The molecule has 1 unspecified atom stereocenters. The molecule has 5 nitrogen and oxygen atoms in total. The number of ether oxygens (including phenoxy) is 1. The quantitative estimate of drug-likeness (QED) is 0.862. The van der Waals surface area contributed by atoms with Crippen LogP contribution in [-0.4, -0.2) is 50.5 Å². The van der Waals surface area contributed by atoms with E-state index in [1.165, 1.54) is 11.3 Å². The molecule has 2 heterocycles. The fourth-order valence-electron chi connectivity index (χ4n) is 2.61. The molecule has 0 spiro atoms. The van der Waals surface area contributed by atoms with E-state index in [1.54, 1.807) is 7.11 Å². The van der Waals surface area contributed by atoms with Gasteiger partial charge in [-0.15, -0.1) is 11.3 Å². The molecule has 1 aromatic heterocycles. The van der Waals surface area contributed by atoms with Crippen molar-refractivity contribution in [3.05, 3.63) is 4.88 Å². The van der Waals surface area contributed by atoms with Crippen LogP contribution < -0.4 is 15.4 Å². The van der Waals surface area contributed by atoms with Crippen LogP contribution in [0.3, 0.4) is 0 Å². The first-order chi connectivity index (χ1) is 9.49. The minimum absolute atomic E-state index is 0.0823. The van der Waals surface area contributed by atoms with Crippen LogP contribution in [0.4, 0.5) is 10.7 Å². The second-order valence-corrected chi connectivity index (χ2v) is 6.26. The highest BCUT2D eigenvalue weighted by molar-refractivity contribution is 7.19.